The summed E-state index contributed by atoms with van der Waals surface area (Å²) >= 11 is 0. The Morgan fingerprint density at radius 1 is 0.924 bits per heavy atom. The molecule has 4 fully saturated rings. The first-order chi connectivity index (χ1) is 37.6. The van der Waals surface area contributed by atoms with Gasteiger partial charge in [0, 0.05) is 44.4 Å². The van der Waals surface area contributed by atoms with Crippen LogP contribution in [0.15, 0.2) is 51.7 Å². The van der Waals surface area contributed by atoms with Crippen molar-refractivity contribution in [1.29, 1.82) is 0 Å². The van der Waals surface area contributed by atoms with Gasteiger partial charge in [-0.15, -0.1) is 10.2 Å². The minimum Gasteiger partial charge on any atom is -0.479 e. The van der Waals surface area contributed by atoms with Gasteiger partial charge in [-0.25, -0.2) is 18.7 Å². The Morgan fingerprint density at radius 3 is 2.32 bits per heavy atom. The van der Waals surface area contributed by atoms with Gasteiger partial charge in [0.1, 0.15) is 54.0 Å². The number of methoxy groups -OCH3 is 1. The zero-order valence-electron chi connectivity index (χ0n) is 43.9. The maximum absolute atomic E-state index is 14.6. The molecule has 29 nitrogen and oxygen atoms in total. The minimum atomic E-state index is -4.95. The molecule has 0 spiro atoms. The number of carbonyl (C=O) groups is 4. The summed E-state index contributed by atoms with van der Waals surface area (Å²) < 4.78 is 74.2. The summed E-state index contributed by atoms with van der Waals surface area (Å²) in [5, 5.41) is 97.6. The van der Waals surface area contributed by atoms with Gasteiger partial charge < -0.3 is 74.8 Å². The van der Waals surface area contributed by atoms with Gasteiger partial charge in [-0.2, -0.15) is 13.5 Å². The Bertz CT molecular complexity index is 2540. The number of aromatic nitrogens is 3. The number of azo groups is 1. The second-order valence-electron chi connectivity index (χ2n) is 20.7. The highest BCUT2D eigenvalue weighted by Crippen LogP contribution is 2.42. The molecular weight excluding hydrogens is 1070 g/mol. The van der Waals surface area contributed by atoms with E-state index in [9.17, 15) is 63.3 Å². The maximum Gasteiger partial charge on any atom is 0.397 e. The summed E-state index contributed by atoms with van der Waals surface area (Å²) in [5.74, 6) is -4.73. The van der Waals surface area contributed by atoms with E-state index in [1.54, 1.807) is 30.3 Å². The highest BCUT2D eigenvalue weighted by molar-refractivity contribution is 7.80. The number of aliphatic hydroxyl groups excluding tert-OH is 6. The number of benzene rings is 1. The number of nitrogens with one attached hydrogen (secondary N) is 2. The second kappa shape index (κ2) is 27.7. The SMILES string of the molecule is COCC(CO)(COS(=O)(=O)O)n1cc(C(=O)NCCCC(=O)C2CC(C3N=NC(c4ccccc4)=N3)[C@@H](O[C@@H]3OC(C)[C@@H](O)[C@H](O)C3O)[C@H](O[C@@H]3O[C@@H](CO)[C@H](O)C(O[C@@H](CC4CCCCC4)C(=O)O)C3NC(C)=O)C2)nn1. The van der Waals surface area contributed by atoms with Crippen molar-refractivity contribution >= 4 is 39.8 Å². The number of ether oxygens (including phenoxy) is 6. The number of Topliss-reactive ketones (excluding diaryl/α,β-unsaturated/α-hetero) is 1. The van der Waals surface area contributed by atoms with Crippen LogP contribution in [0.3, 0.4) is 0 Å². The number of carboxylic acid groups (broad SMARTS) is 1. The Balaban J connectivity index is 1.18. The number of ketones is 1. The van der Waals surface area contributed by atoms with Gasteiger partial charge in [0.25, 0.3) is 5.91 Å². The highest BCUT2D eigenvalue weighted by atomic mass is 32.3. The fourth-order valence-corrected chi connectivity index (χ4v) is 11.2. The topological polar surface area (TPSA) is 421 Å². The van der Waals surface area contributed by atoms with Crippen molar-refractivity contribution in [2.45, 2.75) is 169 Å². The number of amidine groups is 1. The molecule has 2 amide bonds. The fourth-order valence-electron chi connectivity index (χ4n) is 10.8. The molecule has 2 saturated carbocycles. The van der Waals surface area contributed by atoms with Crippen molar-refractivity contribution in [2.75, 3.05) is 40.1 Å². The second-order valence-corrected chi connectivity index (χ2v) is 21.8. The first kappa shape index (κ1) is 61.7. The molecule has 79 heavy (non-hydrogen) atoms. The van der Waals surface area contributed by atoms with E-state index in [4.69, 9.17) is 38.0 Å². The van der Waals surface area contributed by atoms with Gasteiger partial charge in [-0.05, 0) is 38.5 Å². The monoisotopic (exact) mass is 1140 g/mol. The molecule has 10 N–H and O–H groups in total. The van der Waals surface area contributed by atoms with Gasteiger partial charge in [-0.3, -0.25) is 18.9 Å². The van der Waals surface area contributed by atoms with Crippen LogP contribution in [-0.4, -0.2) is 219 Å². The first-order valence-corrected chi connectivity index (χ1v) is 27.6. The predicted octanol–water partition coefficient (Wildman–Crippen LogP) is -1.23. The van der Waals surface area contributed by atoms with Crippen LogP contribution in [0, 0.1) is 17.8 Å². The normalized spacial score (nSPS) is 32.6. The van der Waals surface area contributed by atoms with E-state index in [1.165, 1.54) is 21.0 Å². The molecule has 2 saturated heterocycles. The van der Waals surface area contributed by atoms with Gasteiger partial charge in [-0.1, -0.05) is 67.6 Å². The molecular formula is C49H72N8O21S. The molecule has 30 heteroatoms. The molecule has 4 heterocycles. The molecule has 1 aromatic heterocycles. The summed E-state index contributed by atoms with van der Waals surface area (Å²) in [6.45, 7) is -0.305. The number of rotatable bonds is 26. The van der Waals surface area contributed by atoms with Crippen molar-refractivity contribution in [3.05, 3.63) is 47.8 Å². The number of amides is 2. The molecule has 17 atom stereocenters. The van der Waals surface area contributed by atoms with Crippen molar-refractivity contribution < 1.29 is 100 Å². The summed E-state index contributed by atoms with van der Waals surface area (Å²) in [4.78, 5) is 58.5. The van der Waals surface area contributed by atoms with Crippen LogP contribution in [0.1, 0.15) is 94.1 Å². The molecule has 7 rings (SSSR count). The van der Waals surface area contributed by atoms with E-state index in [-0.39, 0.29) is 68.5 Å². The van der Waals surface area contributed by atoms with Crippen LogP contribution in [-0.2, 0) is 62.9 Å². The third-order valence-electron chi connectivity index (χ3n) is 15.0. The molecule has 1 aromatic carbocycles. The molecule has 5 aliphatic rings. The number of hydrogen-bond acceptors (Lipinski definition) is 24. The number of nitrogens with zero attached hydrogens (tertiary/aromatic N) is 6. The standard InChI is InChI=1S/C49H72N8O21S/c1-25-37(62)39(64)40(65)48(74-25)78-41-30(44-52-43(54-55-44)28-13-8-5-9-14-28)18-29(32(61)15-10-16-50-45(66)31-20-57(56-53-31)49(22-59,23-72-3)24-73-79(69,70)71)19-33(41)76-47-36(51-26(2)60)42(38(63)35(21-58)77-47)75-34(46(67)68)17-27-11-6-4-7-12-27/h5,8-9,13-14,20,25,27,29-30,33-42,44,47-48,58-59,62-65H,4,6-7,10-12,15-19,21-24H2,1-3H3,(H,50,66)(H,51,60)(H,67,68)(H,69,70,71)/t25?,29?,30?,33-,34+,35+,36?,37-,38+,39+,40?,41-,42?,44?,47-,48+,49?/m1/s1. The van der Waals surface area contributed by atoms with Gasteiger partial charge in [0.2, 0.25) is 5.91 Å². The number of carbonyl (C=O) groups excluding carboxylic acids is 3. The summed E-state index contributed by atoms with van der Waals surface area (Å²) in [5.41, 5.74) is -1.39. The summed E-state index contributed by atoms with van der Waals surface area (Å²) in [6.07, 6.45) is -14.1. The largest absolute Gasteiger partial charge is 0.479 e. The quantitative estimate of drug-likeness (QED) is 0.0389. The average Bonchev–Trinajstić information content (AvgIpc) is 4.21. The zero-order chi connectivity index (χ0) is 57.2. The van der Waals surface area contributed by atoms with Crippen molar-refractivity contribution in [3.8, 4) is 0 Å². The number of carboxylic acids is 1. The third-order valence-corrected chi connectivity index (χ3v) is 15.5. The lowest BCUT2D eigenvalue weighted by Gasteiger charge is -2.49. The highest BCUT2D eigenvalue weighted by Gasteiger charge is 2.54. The maximum atomic E-state index is 14.6. The number of aliphatic carboxylic acids is 1. The van der Waals surface area contributed by atoms with Crippen LogP contribution in [0.4, 0.5) is 0 Å². The number of aliphatic hydroxyl groups is 6. The van der Waals surface area contributed by atoms with Gasteiger partial charge >= 0.3 is 16.4 Å². The van der Waals surface area contributed by atoms with Crippen LogP contribution < -0.4 is 10.6 Å². The Kier molecular flexibility index (Phi) is 21.6. The van der Waals surface area contributed by atoms with E-state index in [1.807, 2.05) is 0 Å². The molecule has 2 aromatic rings. The molecule has 3 aliphatic heterocycles. The van der Waals surface area contributed by atoms with E-state index in [0.29, 0.717) is 5.56 Å². The molecule has 440 valence electrons. The van der Waals surface area contributed by atoms with E-state index >= 15 is 0 Å². The smallest absolute Gasteiger partial charge is 0.397 e. The van der Waals surface area contributed by atoms with Crippen LogP contribution in [0.2, 0.25) is 0 Å². The first-order valence-electron chi connectivity index (χ1n) is 26.3. The lowest BCUT2D eigenvalue weighted by Crippen LogP contribution is -2.67. The Morgan fingerprint density at radius 2 is 1.66 bits per heavy atom. The van der Waals surface area contributed by atoms with Crippen LogP contribution in [0.5, 0.6) is 0 Å². The van der Waals surface area contributed by atoms with Crippen LogP contribution in [0.25, 0.3) is 0 Å². The summed E-state index contributed by atoms with van der Waals surface area (Å²) in [7, 11) is -3.70. The fraction of sp³-hybridized carbons (Fsp3) is 0.735. The van der Waals surface area contributed by atoms with Crippen molar-refractivity contribution in [2.24, 2.45) is 33.0 Å². The van der Waals surface area contributed by atoms with Crippen LogP contribution >= 0.6 is 0 Å². The lowest BCUT2D eigenvalue weighted by molar-refractivity contribution is -0.339. The van der Waals surface area contributed by atoms with E-state index in [2.05, 4.69) is 35.4 Å². The number of hydrogen-bond donors (Lipinski definition) is 10. The third kappa shape index (κ3) is 15.6. The average molecular weight is 1140 g/mol. The Labute approximate surface area is 454 Å². The van der Waals surface area contributed by atoms with Gasteiger partial charge in [0.15, 0.2) is 36.4 Å². The van der Waals surface area contributed by atoms with E-state index < -0.39 is 151 Å². The Hall–Kier alpha value is -4.90. The van der Waals surface area contributed by atoms with E-state index in [0.717, 1.165) is 43.0 Å². The molecule has 0 bridgehead atoms. The zero-order valence-corrected chi connectivity index (χ0v) is 44.7. The summed E-state index contributed by atoms with van der Waals surface area (Å²) in [6, 6.07) is 7.41. The molecule has 0 radical (unpaired) electrons. The lowest BCUT2D eigenvalue weighted by atomic mass is 9.73. The van der Waals surface area contributed by atoms with Crippen molar-refractivity contribution in [3.63, 3.8) is 0 Å². The molecule has 2 aliphatic carbocycles. The molecule has 8 unspecified atom stereocenters. The van der Waals surface area contributed by atoms with Crippen molar-refractivity contribution in [1.82, 2.24) is 25.6 Å². The number of aliphatic imine (C=N–C) groups is 1. The predicted molar refractivity (Wildman–Crippen MR) is 268 cm³/mol. The van der Waals surface area contributed by atoms with Gasteiger partial charge in [0.05, 0.1) is 50.9 Å². The minimum absolute atomic E-state index is 0.000497.